The number of aromatic nitrogens is 1. The summed E-state index contributed by atoms with van der Waals surface area (Å²) in [4.78, 5) is 4.67. The summed E-state index contributed by atoms with van der Waals surface area (Å²) >= 11 is 0. The van der Waals surface area contributed by atoms with Crippen LogP contribution in [0.3, 0.4) is 0 Å². The minimum atomic E-state index is 0.979. The Morgan fingerprint density at radius 2 is 1.32 bits per heavy atom. The van der Waals surface area contributed by atoms with Crippen LogP contribution in [0.15, 0.2) is 78.9 Å². The molecule has 0 atom stereocenters. The van der Waals surface area contributed by atoms with Gasteiger partial charge < -0.3 is 0 Å². The summed E-state index contributed by atoms with van der Waals surface area (Å²) < 4.78 is 0. The Hall–Kier alpha value is -2.93. The smallest absolute Gasteiger partial charge is 0.0709 e. The van der Waals surface area contributed by atoms with E-state index in [1.807, 2.05) is 18.2 Å². The molecule has 0 spiro atoms. The summed E-state index contributed by atoms with van der Waals surface area (Å²) in [5.41, 5.74) is 3.20. The molecule has 3 aromatic carbocycles. The third-order valence-electron chi connectivity index (χ3n) is 3.84. The molecule has 0 saturated heterocycles. The summed E-state index contributed by atoms with van der Waals surface area (Å²) in [6, 6.07) is 27.3. The molecule has 104 valence electrons. The quantitative estimate of drug-likeness (QED) is 0.469. The topological polar surface area (TPSA) is 12.9 Å². The molecule has 4 rings (SSSR count). The van der Waals surface area contributed by atoms with Gasteiger partial charge >= 0.3 is 0 Å². The van der Waals surface area contributed by atoms with Gasteiger partial charge in [0.1, 0.15) is 0 Å². The van der Waals surface area contributed by atoms with E-state index in [9.17, 15) is 0 Å². The van der Waals surface area contributed by atoms with Crippen molar-refractivity contribution in [3.8, 4) is 0 Å². The fourth-order valence-electron chi connectivity index (χ4n) is 2.67. The molecule has 1 aromatic heterocycles. The van der Waals surface area contributed by atoms with Crippen molar-refractivity contribution in [3.05, 3.63) is 90.1 Å². The van der Waals surface area contributed by atoms with E-state index in [2.05, 4.69) is 77.8 Å². The van der Waals surface area contributed by atoms with Gasteiger partial charge in [0.15, 0.2) is 0 Å². The number of nitrogens with zero attached hydrogens (tertiary/aromatic N) is 1. The number of para-hydroxylation sites is 1. The average Bonchev–Trinajstić information content (AvgIpc) is 2.59. The lowest BCUT2D eigenvalue weighted by molar-refractivity contribution is 1.37. The van der Waals surface area contributed by atoms with Crippen LogP contribution < -0.4 is 0 Å². The van der Waals surface area contributed by atoms with Gasteiger partial charge in [0.05, 0.1) is 11.2 Å². The van der Waals surface area contributed by atoms with Gasteiger partial charge in [0, 0.05) is 5.39 Å². The van der Waals surface area contributed by atoms with Gasteiger partial charge in [0.25, 0.3) is 0 Å². The molecule has 0 amide bonds. The molecule has 4 aromatic rings. The van der Waals surface area contributed by atoms with Crippen LogP contribution in [0.4, 0.5) is 0 Å². The van der Waals surface area contributed by atoms with Gasteiger partial charge in [-0.3, -0.25) is 0 Å². The number of rotatable bonds is 2. The highest BCUT2D eigenvalue weighted by molar-refractivity contribution is 5.86. The number of hydrogen-bond donors (Lipinski definition) is 0. The van der Waals surface area contributed by atoms with Crippen LogP contribution in [0.2, 0.25) is 0 Å². The van der Waals surface area contributed by atoms with E-state index in [0.717, 1.165) is 11.2 Å². The number of fused-ring (bicyclic) bond motifs is 2. The average molecular weight is 281 g/mol. The highest BCUT2D eigenvalue weighted by Gasteiger charge is 1.96. The maximum atomic E-state index is 4.67. The Morgan fingerprint density at radius 1 is 0.591 bits per heavy atom. The van der Waals surface area contributed by atoms with Crippen molar-refractivity contribution in [1.82, 2.24) is 4.98 Å². The zero-order chi connectivity index (χ0) is 14.8. The highest BCUT2D eigenvalue weighted by atomic mass is 14.7. The first-order valence-corrected chi connectivity index (χ1v) is 7.41. The van der Waals surface area contributed by atoms with E-state index in [0.29, 0.717) is 0 Å². The Labute approximate surface area is 129 Å². The van der Waals surface area contributed by atoms with Crippen molar-refractivity contribution in [2.45, 2.75) is 0 Å². The molecule has 0 radical (unpaired) electrons. The van der Waals surface area contributed by atoms with Crippen LogP contribution in [-0.4, -0.2) is 4.98 Å². The minimum absolute atomic E-state index is 0.979. The third kappa shape index (κ3) is 2.49. The Bertz CT molecular complexity index is 902. The van der Waals surface area contributed by atoms with Crippen LogP contribution in [0.5, 0.6) is 0 Å². The van der Waals surface area contributed by atoms with Crippen LogP contribution in [0, 0.1) is 0 Å². The molecule has 1 heteroatoms. The van der Waals surface area contributed by atoms with E-state index in [1.165, 1.54) is 21.7 Å². The largest absolute Gasteiger partial charge is 0.248 e. The van der Waals surface area contributed by atoms with E-state index in [1.54, 1.807) is 0 Å². The van der Waals surface area contributed by atoms with Crippen LogP contribution in [0.25, 0.3) is 33.8 Å². The van der Waals surface area contributed by atoms with Gasteiger partial charge in [0.2, 0.25) is 0 Å². The van der Waals surface area contributed by atoms with Crippen molar-refractivity contribution in [2.24, 2.45) is 0 Å². The second-order valence-electron chi connectivity index (χ2n) is 5.37. The predicted octanol–water partition coefficient (Wildman–Crippen LogP) is 5.56. The molecular weight excluding hydrogens is 266 g/mol. The number of benzene rings is 3. The Kier molecular flexibility index (Phi) is 3.17. The molecular formula is C21H15N. The first kappa shape index (κ1) is 12.8. The molecule has 0 aliphatic carbocycles. The van der Waals surface area contributed by atoms with E-state index < -0.39 is 0 Å². The summed E-state index contributed by atoms with van der Waals surface area (Å²) in [6.07, 6.45) is 4.18. The van der Waals surface area contributed by atoms with Crippen LogP contribution in [0.1, 0.15) is 11.3 Å². The van der Waals surface area contributed by atoms with Crippen LogP contribution >= 0.6 is 0 Å². The summed E-state index contributed by atoms with van der Waals surface area (Å²) in [5, 5.41) is 3.70. The van der Waals surface area contributed by atoms with Crippen molar-refractivity contribution in [3.63, 3.8) is 0 Å². The van der Waals surface area contributed by atoms with Gasteiger partial charge in [-0.15, -0.1) is 0 Å². The van der Waals surface area contributed by atoms with Crippen molar-refractivity contribution in [2.75, 3.05) is 0 Å². The molecule has 0 fully saturated rings. The van der Waals surface area contributed by atoms with E-state index in [4.69, 9.17) is 0 Å². The molecule has 1 heterocycles. The van der Waals surface area contributed by atoms with Crippen molar-refractivity contribution < 1.29 is 0 Å². The minimum Gasteiger partial charge on any atom is -0.248 e. The first-order chi connectivity index (χ1) is 10.9. The summed E-state index contributed by atoms with van der Waals surface area (Å²) in [6.45, 7) is 0. The maximum absolute atomic E-state index is 4.67. The fraction of sp³-hybridized carbons (Fsp3) is 0. The standard InChI is InChI=1S/C21H15N/c1-2-7-19-15-16(9-11-17(19)5-1)10-13-20-14-12-18-6-3-4-8-21(18)22-20/h1-15H/b13-10+. The molecule has 1 nitrogen and oxygen atoms in total. The lowest BCUT2D eigenvalue weighted by Gasteiger charge is -2.00. The molecule has 0 aliphatic heterocycles. The third-order valence-corrected chi connectivity index (χ3v) is 3.84. The lowest BCUT2D eigenvalue weighted by atomic mass is 10.1. The van der Waals surface area contributed by atoms with E-state index in [-0.39, 0.29) is 0 Å². The van der Waals surface area contributed by atoms with Crippen molar-refractivity contribution >= 4 is 33.8 Å². The second-order valence-corrected chi connectivity index (χ2v) is 5.37. The normalized spacial score (nSPS) is 11.5. The highest BCUT2D eigenvalue weighted by Crippen LogP contribution is 2.18. The fourth-order valence-corrected chi connectivity index (χ4v) is 2.67. The maximum Gasteiger partial charge on any atom is 0.0709 e. The predicted molar refractivity (Wildman–Crippen MR) is 94.6 cm³/mol. The van der Waals surface area contributed by atoms with E-state index >= 15 is 0 Å². The summed E-state index contributed by atoms with van der Waals surface area (Å²) in [7, 11) is 0. The molecule has 0 aliphatic rings. The zero-order valence-electron chi connectivity index (χ0n) is 12.1. The van der Waals surface area contributed by atoms with Crippen molar-refractivity contribution in [1.29, 1.82) is 0 Å². The summed E-state index contributed by atoms with van der Waals surface area (Å²) in [5.74, 6) is 0. The van der Waals surface area contributed by atoms with Crippen LogP contribution in [-0.2, 0) is 0 Å². The molecule has 0 unspecified atom stereocenters. The second kappa shape index (κ2) is 5.45. The first-order valence-electron chi connectivity index (χ1n) is 7.41. The molecule has 0 N–H and O–H groups in total. The molecule has 0 bridgehead atoms. The monoisotopic (exact) mass is 281 g/mol. The number of hydrogen-bond acceptors (Lipinski definition) is 1. The molecule has 0 saturated carbocycles. The SMILES string of the molecule is C(=C\c1ccc2ccccc2n1)/c1ccc2ccccc2c1. The molecule has 22 heavy (non-hydrogen) atoms. The Balaban J connectivity index is 1.68. The lowest BCUT2D eigenvalue weighted by Crippen LogP contribution is -1.82. The van der Waals surface area contributed by atoms with Gasteiger partial charge in [-0.25, -0.2) is 4.98 Å². The van der Waals surface area contributed by atoms with Gasteiger partial charge in [-0.2, -0.15) is 0 Å². The Morgan fingerprint density at radius 3 is 2.23 bits per heavy atom. The zero-order valence-corrected chi connectivity index (χ0v) is 12.1. The van der Waals surface area contributed by atoms with Gasteiger partial charge in [-0.05, 0) is 40.6 Å². The van der Waals surface area contributed by atoms with Gasteiger partial charge in [-0.1, -0.05) is 66.7 Å². The number of pyridine rings is 1.